The van der Waals surface area contributed by atoms with Crippen LogP contribution < -0.4 is 5.73 Å². The molecule has 1 aromatic heterocycles. The Hall–Kier alpha value is -0.930. The van der Waals surface area contributed by atoms with Crippen LogP contribution in [-0.4, -0.2) is 29.0 Å². The maximum atomic E-state index is 5.81. The van der Waals surface area contributed by atoms with E-state index >= 15 is 0 Å². The Morgan fingerprint density at radius 2 is 2.31 bits per heavy atom. The number of pyridine rings is 1. The maximum Gasteiger partial charge on any atom is 0.0544 e. The summed E-state index contributed by atoms with van der Waals surface area (Å²) in [6.45, 7) is 4.95. The molecule has 1 atom stereocenters. The molecule has 3 heteroatoms. The third-order valence-electron chi connectivity index (χ3n) is 3.36. The summed E-state index contributed by atoms with van der Waals surface area (Å²) in [6.07, 6.45) is 5.79. The summed E-state index contributed by atoms with van der Waals surface area (Å²) in [5, 5.41) is 0. The van der Waals surface area contributed by atoms with Crippen molar-refractivity contribution in [2.24, 2.45) is 5.73 Å². The van der Waals surface area contributed by atoms with Gasteiger partial charge in [0.25, 0.3) is 0 Å². The van der Waals surface area contributed by atoms with E-state index in [1.54, 1.807) is 0 Å². The Kier molecular flexibility index (Phi) is 3.91. The van der Waals surface area contributed by atoms with E-state index in [-0.39, 0.29) is 0 Å². The van der Waals surface area contributed by atoms with Crippen LogP contribution in [0.15, 0.2) is 18.3 Å². The minimum Gasteiger partial charge on any atom is -0.329 e. The van der Waals surface area contributed by atoms with Crippen molar-refractivity contribution in [1.82, 2.24) is 9.88 Å². The molecule has 0 radical (unpaired) electrons. The largest absolute Gasteiger partial charge is 0.329 e. The van der Waals surface area contributed by atoms with Crippen LogP contribution in [0.4, 0.5) is 0 Å². The summed E-state index contributed by atoms with van der Waals surface area (Å²) in [5.41, 5.74) is 8.19. The molecular weight excluding hydrogens is 198 g/mol. The first-order valence-corrected chi connectivity index (χ1v) is 6.15. The highest BCUT2D eigenvalue weighted by atomic mass is 15.2. The van der Waals surface area contributed by atoms with Crippen LogP contribution in [0.1, 0.15) is 30.5 Å². The topological polar surface area (TPSA) is 42.1 Å². The average molecular weight is 219 g/mol. The number of aromatic nitrogens is 1. The van der Waals surface area contributed by atoms with Gasteiger partial charge in [-0.05, 0) is 37.9 Å². The molecule has 1 saturated heterocycles. The van der Waals surface area contributed by atoms with E-state index in [1.165, 1.54) is 24.8 Å². The molecule has 3 nitrogen and oxygen atoms in total. The Morgan fingerprint density at radius 1 is 1.44 bits per heavy atom. The van der Waals surface area contributed by atoms with Crippen LogP contribution in [-0.2, 0) is 6.54 Å². The zero-order chi connectivity index (χ0) is 11.4. The summed E-state index contributed by atoms with van der Waals surface area (Å²) < 4.78 is 0. The molecule has 0 aliphatic carbocycles. The van der Waals surface area contributed by atoms with E-state index in [0.717, 1.165) is 25.3 Å². The molecule has 1 aromatic rings. The lowest BCUT2D eigenvalue weighted by Crippen LogP contribution is -2.43. The highest BCUT2D eigenvalue weighted by Gasteiger charge is 2.21. The first-order valence-electron chi connectivity index (χ1n) is 6.15. The summed E-state index contributed by atoms with van der Waals surface area (Å²) in [4.78, 5) is 6.93. The zero-order valence-corrected chi connectivity index (χ0v) is 10.0. The van der Waals surface area contributed by atoms with Crippen molar-refractivity contribution in [3.8, 4) is 0 Å². The minimum atomic E-state index is 0.553. The number of piperidine rings is 1. The van der Waals surface area contributed by atoms with Gasteiger partial charge in [0.05, 0.1) is 5.69 Å². The second kappa shape index (κ2) is 5.41. The second-order valence-electron chi connectivity index (χ2n) is 4.68. The Bertz CT molecular complexity index is 320. The van der Waals surface area contributed by atoms with Gasteiger partial charge in [0.15, 0.2) is 0 Å². The normalized spacial score (nSPS) is 22.2. The zero-order valence-electron chi connectivity index (χ0n) is 10.0. The van der Waals surface area contributed by atoms with Crippen molar-refractivity contribution in [2.75, 3.05) is 13.1 Å². The average Bonchev–Trinajstić information content (AvgIpc) is 2.33. The van der Waals surface area contributed by atoms with Crippen molar-refractivity contribution in [3.05, 3.63) is 29.6 Å². The molecule has 1 unspecified atom stereocenters. The van der Waals surface area contributed by atoms with Gasteiger partial charge in [0.2, 0.25) is 0 Å². The van der Waals surface area contributed by atoms with Crippen molar-refractivity contribution in [2.45, 2.75) is 38.8 Å². The fraction of sp³-hybridized carbons (Fsp3) is 0.615. The number of hydrogen-bond donors (Lipinski definition) is 1. The van der Waals surface area contributed by atoms with E-state index in [9.17, 15) is 0 Å². The molecule has 16 heavy (non-hydrogen) atoms. The van der Waals surface area contributed by atoms with Gasteiger partial charge in [0, 0.05) is 25.3 Å². The smallest absolute Gasteiger partial charge is 0.0544 e. The molecule has 0 bridgehead atoms. The van der Waals surface area contributed by atoms with Crippen LogP contribution in [0.5, 0.6) is 0 Å². The standard InChI is InChI=1S/C13H21N3/c1-11-5-6-12(15-9-11)10-16-7-3-2-4-13(16)8-14/h5-6,9,13H,2-4,7-8,10,14H2,1H3. The van der Waals surface area contributed by atoms with Gasteiger partial charge in [-0.2, -0.15) is 0 Å². The molecule has 2 heterocycles. The second-order valence-corrected chi connectivity index (χ2v) is 4.68. The highest BCUT2D eigenvalue weighted by Crippen LogP contribution is 2.18. The maximum absolute atomic E-state index is 5.81. The van der Waals surface area contributed by atoms with Gasteiger partial charge in [0.1, 0.15) is 0 Å². The molecule has 2 rings (SSSR count). The molecule has 0 spiro atoms. The molecule has 0 saturated carbocycles. The molecule has 2 N–H and O–H groups in total. The van der Waals surface area contributed by atoms with Gasteiger partial charge in [-0.15, -0.1) is 0 Å². The van der Waals surface area contributed by atoms with Gasteiger partial charge in [-0.3, -0.25) is 9.88 Å². The molecule has 0 aromatic carbocycles. The Balaban J connectivity index is 1.99. The van der Waals surface area contributed by atoms with E-state index in [1.807, 2.05) is 6.20 Å². The van der Waals surface area contributed by atoms with Crippen LogP contribution in [0.2, 0.25) is 0 Å². The molecule has 88 valence electrons. The summed E-state index contributed by atoms with van der Waals surface area (Å²) in [5.74, 6) is 0. The highest BCUT2D eigenvalue weighted by molar-refractivity contribution is 5.12. The van der Waals surface area contributed by atoms with E-state index in [0.29, 0.717) is 6.04 Å². The molecule has 1 aliphatic rings. The predicted octanol–water partition coefficient (Wildman–Crippen LogP) is 1.70. The fourth-order valence-electron chi connectivity index (χ4n) is 2.34. The van der Waals surface area contributed by atoms with Crippen LogP contribution in [0, 0.1) is 6.92 Å². The SMILES string of the molecule is Cc1ccc(CN2CCCCC2CN)nc1. The van der Waals surface area contributed by atoms with Crippen molar-refractivity contribution >= 4 is 0 Å². The van der Waals surface area contributed by atoms with Crippen molar-refractivity contribution in [1.29, 1.82) is 0 Å². The summed E-state index contributed by atoms with van der Waals surface area (Å²) in [6, 6.07) is 4.80. The van der Waals surface area contributed by atoms with Crippen molar-refractivity contribution < 1.29 is 0 Å². The molecule has 0 amide bonds. The third kappa shape index (κ3) is 2.80. The van der Waals surface area contributed by atoms with Gasteiger partial charge in [-0.1, -0.05) is 12.5 Å². The molecule has 1 aliphatic heterocycles. The quantitative estimate of drug-likeness (QED) is 0.841. The third-order valence-corrected chi connectivity index (χ3v) is 3.36. The van der Waals surface area contributed by atoms with Gasteiger partial charge < -0.3 is 5.73 Å². The first kappa shape index (κ1) is 11.6. The lowest BCUT2D eigenvalue weighted by molar-refractivity contribution is 0.143. The van der Waals surface area contributed by atoms with E-state index in [4.69, 9.17) is 5.73 Å². The molecule has 1 fully saturated rings. The van der Waals surface area contributed by atoms with Gasteiger partial charge in [-0.25, -0.2) is 0 Å². The Labute approximate surface area is 97.7 Å². The van der Waals surface area contributed by atoms with Crippen LogP contribution in [0.3, 0.4) is 0 Å². The monoisotopic (exact) mass is 219 g/mol. The molecular formula is C13H21N3. The van der Waals surface area contributed by atoms with Crippen LogP contribution in [0.25, 0.3) is 0 Å². The summed E-state index contributed by atoms with van der Waals surface area (Å²) in [7, 11) is 0. The fourth-order valence-corrected chi connectivity index (χ4v) is 2.34. The number of nitrogens with zero attached hydrogens (tertiary/aromatic N) is 2. The first-order chi connectivity index (χ1) is 7.79. The van der Waals surface area contributed by atoms with E-state index in [2.05, 4.69) is 28.9 Å². The number of aryl methyl sites for hydroxylation is 1. The van der Waals surface area contributed by atoms with E-state index < -0.39 is 0 Å². The lowest BCUT2D eigenvalue weighted by Gasteiger charge is -2.34. The number of hydrogen-bond acceptors (Lipinski definition) is 3. The number of rotatable bonds is 3. The van der Waals surface area contributed by atoms with Crippen LogP contribution >= 0.6 is 0 Å². The van der Waals surface area contributed by atoms with Crippen molar-refractivity contribution in [3.63, 3.8) is 0 Å². The predicted molar refractivity (Wildman–Crippen MR) is 66.1 cm³/mol. The number of nitrogens with two attached hydrogens (primary N) is 1. The van der Waals surface area contributed by atoms with Gasteiger partial charge >= 0.3 is 0 Å². The summed E-state index contributed by atoms with van der Waals surface area (Å²) >= 11 is 0. The Morgan fingerprint density at radius 3 is 3.00 bits per heavy atom. The number of likely N-dealkylation sites (tertiary alicyclic amines) is 1. The lowest BCUT2D eigenvalue weighted by atomic mass is 10.0. The minimum absolute atomic E-state index is 0.553.